The van der Waals surface area contributed by atoms with Crippen molar-refractivity contribution in [3.63, 3.8) is 0 Å². The molecule has 0 radical (unpaired) electrons. The van der Waals surface area contributed by atoms with Gasteiger partial charge in [-0.2, -0.15) is 0 Å². The fraction of sp³-hybridized carbons (Fsp3) is 0. The van der Waals surface area contributed by atoms with E-state index < -0.39 is 0 Å². The maximum absolute atomic E-state index is 5.96. The zero-order valence-electron chi connectivity index (χ0n) is 6.39. The van der Waals surface area contributed by atoms with Gasteiger partial charge < -0.3 is 0 Å². The second-order valence-electron chi connectivity index (χ2n) is 2.57. The van der Waals surface area contributed by atoms with Gasteiger partial charge in [0.1, 0.15) is 10.3 Å². The van der Waals surface area contributed by atoms with E-state index in [2.05, 4.69) is 4.98 Å². The first-order chi connectivity index (χ1) is 6.18. The Labute approximate surface area is 90.2 Å². The van der Waals surface area contributed by atoms with Crippen molar-refractivity contribution in [2.45, 2.75) is 0 Å². The molecule has 1 aromatic carbocycles. The Balaban J connectivity index is 2.94. The van der Waals surface area contributed by atoms with Crippen molar-refractivity contribution in [1.29, 1.82) is 0 Å². The van der Waals surface area contributed by atoms with E-state index in [-0.39, 0.29) is 0 Å². The molecule has 66 valence electrons. The highest BCUT2D eigenvalue weighted by molar-refractivity contribution is 6.40. The van der Waals surface area contributed by atoms with E-state index >= 15 is 0 Å². The molecule has 0 aliphatic heterocycles. The molecule has 13 heavy (non-hydrogen) atoms. The first-order valence-electron chi connectivity index (χ1n) is 3.59. The molecule has 0 unspecified atom stereocenters. The van der Waals surface area contributed by atoms with Gasteiger partial charge in [0.05, 0.1) is 0 Å². The number of aromatic nitrogens is 1. The predicted molar refractivity (Wildman–Crippen MR) is 56.8 cm³/mol. The van der Waals surface area contributed by atoms with Crippen LogP contribution in [0.2, 0.25) is 15.3 Å². The van der Waals surface area contributed by atoms with Crippen molar-refractivity contribution < 1.29 is 0 Å². The second kappa shape index (κ2) is 3.33. The Bertz CT molecular complexity index is 468. The summed E-state index contributed by atoms with van der Waals surface area (Å²) >= 11 is 17.6. The van der Waals surface area contributed by atoms with Crippen molar-refractivity contribution in [3.05, 3.63) is 39.6 Å². The lowest BCUT2D eigenvalue weighted by molar-refractivity contribution is 1.36. The van der Waals surface area contributed by atoms with Crippen molar-refractivity contribution in [2.75, 3.05) is 0 Å². The summed E-state index contributed by atoms with van der Waals surface area (Å²) in [5.41, 5.74) is 0. The Kier molecular flexibility index (Phi) is 2.33. The molecule has 0 spiro atoms. The lowest BCUT2D eigenvalue weighted by Gasteiger charge is -2.01. The predicted octanol–water partition coefficient (Wildman–Crippen LogP) is 4.20. The minimum absolute atomic E-state index is 0.352. The number of fused-ring (bicyclic) bond motifs is 1. The van der Waals surface area contributed by atoms with Crippen LogP contribution in [0.5, 0.6) is 0 Å². The largest absolute Gasteiger partial charge is 0.224 e. The highest BCUT2D eigenvalue weighted by atomic mass is 35.5. The van der Waals surface area contributed by atoms with Crippen molar-refractivity contribution in [1.82, 2.24) is 4.98 Å². The molecule has 1 nitrogen and oxygen atoms in total. The summed E-state index contributed by atoms with van der Waals surface area (Å²) in [4.78, 5) is 3.92. The fourth-order valence-corrected chi connectivity index (χ4v) is 1.89. The van der Waals surface area contributed by atoms with Crippen LogP contribution in [0.15, 0.2) is 24.3 Å². The maximum atomic E-state index is 5.96. The van der Waals surface area contributed by atoms with E-state index in [0.29, 0.717) is 15.3 Å². The molecule has 0 fully saturated rings. The molecule has 0 bridgehead atoms. The molecule has 0 N–H and O–H groups in total. The molecule has 0 saturated carbocycles. The molecule has 0 atom stereocenters. The normalized spacial score (nSPS) is 10.7. The topological polar surface area (TPSA) is 12.9 Å². The molecule has 0 saturated heterocycles. The summed E-state index contributed by atoms with van der Waals surface area (Å²) in [5.74, 6) is 0. The molecule has 1 heterocycles. The molecule has 0 aliphatic rings. The minimum Gasteiger partial charge on any atom is -0.224 e. The summed E-state index contributed by atoms with van der Waals surface area (Å²) in [7, 11) is 0. The van der Waals surface area contributed by atoms with Gasteiger partial charge in [0.25, 0.3) is 0 Å². The first-order valence-corrected chi connectivity index (χ1v) is 4.72. The Morgan fingerprint density at radius 1 is 1.00 bits per heavy atom. The Hall–Kier alpha value is -0.500. The molecular weight excluding hydrogens is 228 g/mol. The van der Waals surface area contributed by atoms with Crippen LogP contribution in [0.4, 0.5) is 0 Å². The van der Waals surface area contributed by atoms with E-state index in [1.807, 2.05) is 12.1 Å². The third-order valence-electron chi connectivity index (χ3n) is 1.74. The number of nitrogens with zero attached hydrogens (tertiary/aromatic N) is 1. The lowest BCUT2D eigenvalue weighted by atomic mass is 10.2. The van der Waals surface area contributed by atoms with E-state index in [1.165, 1.54) is 0 Å². The average molecular weight is 232 g/mol. The molecule has 2 rings (SSSR count). The summed E-state index contributed by atoms with van der Waals surface area (Å²) in [6.07, 6.45) is 0. The number of rotatable bonds is 0. The highest BCUT2D eigenvalue weighted by Gasteiger charge is 2.04. The van der Waals surface area contributed by atoms with Gasteiger partial charge in [-0.1, -0.05) is 46.9 Å². The number of benzene rings is 1. The summed E-state index contributed by atoms with van der Waals surface area (Å²) < 4.78 is 0. The Morgan fingerprint density at radius 2 is 1.77 bits per heavy atom. The summed E-state index contributed by atoms with van der Waals surface area (Å²) in [6.45, 7) is 0. The van der Waals surface area contributed by atoms with Crippen LogP contribution in [-0.4, -0.2) is 4.98 Å². The number of hydrogen-bond acceptors (Lipinski definition) is 1. The average Bonchev–Trinajstić information content (AvgIpc) is 2.07. The summed E-state index contributed by atoms with van der Waals surface area (Å²) in [6, 6.07) is 7.17. The number of pyridine rings is 1. The van der Waals surface area contributed by atoms with Crippen LogP contribution in [0.1, 0.15) is 0 Å². The van der Waals surface area contributed by atoms with Crippen LogP contribution < -0.4 is 0 Å². The maximum Gasteiger partial charge on any atom is 0.138 e. The van der Waals surface area contributed by atoms with E-state index in [9.17, 15) is 0 Å². The number of hydrogen-bond donors (Lipinski definition) is 0. The summed E-state index contributed by atoms with van der Waals surface area (Å²) in [5, 5.41) is 3.01. The van der Waals surface area contributed by atoms with Gasteiger partial charge in [-0.25, -0.2) is 4.98 Å². The molecular formula is C9H4Cl3N. The van der Waals surface area contributed by atoms with Crippen LogP contribution in [0.25, 0.3) is 10.8 Å². The van der Waals surface area contributed by atoms with Gasteiger partial charge in [0, 0.05) is 15.8 Å². The van der Waals surface area contributed by atoms with Gasteiger partial charge in [0.15, 0.2) is 0 Å². The highest BCUT2D eigenvalue weighted by Crippen LogP contribution is 2.29. The minimum atomic E-state index is 0.352. The van der Waals surface area contributed by atoms with Crippen LogP contribution in [-0.2, 0) is 0 Å². The van der Waals surface area contributed by atoms with Gasteiger partial charge >= 0.3 is 0 Å². The van der Waals surface area contributed by atoms with Crippen molar-refractivity contribution >= 4 is 45.6 Å². The first kappa shape index (κ1) is 9.07. The molecule has 1 aromatic heterocycles. The molecule has 4 heteroatoms. The smallest absolute Gasteiger partial charge is 0.138 e. The van der Waals surface area contributed by atoms with Gasteiger partial charge in [0.2, 0.25) is 0 Å². The lowest BCUT2D eigenvalue weighted by Crippen LogP contribution is -1.81. The zero-order chi connectivity index (χ0) is 9.42. The Morgan fingerprint density at radius 3 is 2.54 bits per heavy atom. The standard InChI is InChI=1S/C9H4Cl3N/c10-7-3-1-2-5-6(7)4-8(11)13-9(5)12/h1-4H. The van der Waals surface area contributed by atoms with Gasteiger partial charge in [-0.3, -0.25) is 0 Å². The van der Waals surface area contributed by atoms with Crippen LogP contribution >= 0.6 is 34.8 Å². The quantitative estimate of drug-likeness (QED) is 0.621. The second-order valence-corrected chi connectivity index (χ2v) is 3.72. The van der Waals surface area contributed by atoms with Gasteiger partial charge in [-0.05, 0) is 12.1 Å². The monoisotopic (exact) mass is 231 g/mol. The SMILES string of the molecule is Clc1cc2c(Cl)cccc2c(Cl)n1. The van der Waals surface area contributed by atoms with Crippen LogP contribution in [0, 0.1) is 0 Å². The molecule has 0 aliphatic carbocycles. The van der Waals surface area contributed by atoms with Crippen molar-refractivity contribution in [3.8, 4) is 0 Å². The van der Waals surface area contributed by atoms with Crippen LogP contribution in [0.3, 0.4) is 0 Å². The third kappa shape index (κ3) is 1.60. The zero-order valence-corrected chi connectivity index (χ0v) is 8.66. The molecule has 2 aromatic rings. The van der Waals surface area contributed by atoms with E-state index in [1.54, 1.807) is 12.1 Å². The van der Waals surface area contributed by atoms with E-state index in [0.717, 1.165) is 10.8 Å². The third-order valence-corrected chi connectivity index (χ3v) is 2.55. The number of halogens is 3. The van der Waals surface area contributed by atoms with Gasteiger partial charge in [-0.15, -0.1) is 0 Å². The van der Waals surface area contributed by atoms with E-state index in [4.69, 9.17) is 34.8 Å². The van der Waals surface area contributed by atoms with Crippen molar-refractivity contribution in [2.24, 2.45) is 0 Å². The fourth-order valence-electron chi connectivity index (χ4n) is 1.17. The molecule has 0 amide bonds.